The number of alkyl halides is 3. The fraction of sp³-hybridized carbons (Fsp3) is 0.412. The number of hydrogen-bond donors (Lipinski definition) is 0. The van der Waals surface area contributed by atoms with E-state index in [2.05, 4.69) is 9.97 Å². The van der Waals surface area contributed by atoms with Gasteiger partial charge in [0.2, 0.25) is 15.8 Å². The Morgan fingerprint density at radius 3 is 2.71 bits per heavy atom. The van der Waals surface area contributed by atoms with Crippen molar-refractivity contribution in [2.75, 3.05) is 13.1 Å². The fourth-order valence-corrected chi connectivity index (χ4v) is 4.40. The molecule has 1 saturated heterocycles. The first kappa shape index (κ1) is 20.5. The normalized spacial score (nSPS) is 18.4. The number of hydrogen-bond acceptors (Lipinski definition) is 5. The maximum absolute atomic E-state index is 14.2. The molecule has 1 aliphatic heterocycles. The largest absolute Gasteiger partial charge is 0.471 e. The Kier molecular flexibility index (Phi) is 5.57. The van der Waals surface area contributed by atoms with Gasteiger partial charge in [0.05, 0.1) is 22.7 Å². The van der Waals surface area contributed by atoms with Crippen LogP contribution in [0.4, 0.5) is 17.6 Å². The molecule has 2 aromatic rings. The molecule has 0 radical (unpaired) electrons. The molecule has 28 heavy (non-hydrogen) atoms. The number of sulfonamides is 1. The van der Waals surface area contributed by atoms with Crippen molar-refractivity contribution >= 4 is 10.0 Å². The molecule has 0 N–H and O–H groups in total. The van der Waals surface area contributed by atoms with Gasteiger partial charge >= 0.3 is 6.18 Å². The molecule has 1 atom stereocenters. The Morgan fingerprint density at radius 2 is 2.04 bits per heavy atom. The number of aromatic nitrogens is 2. The molecule has 0 unspecified atom stereocenters. The monoisotopic (exact) mass is 419 g/mol. The van der Waals surface area contributed by atoms with Crippen LogP contribution in [0.2, 0.25) is 0 Å². The summed E-state index contributed by atoms with van der Waals surface area (Å²) < 4.78 is 84.6. The van der Waals surface area contributed by atoms with Crippen LogP contribution in [0.25, 0.3) is 0 Å². The van der Waals surface area contributed by atoms with E-state index < -0.39 is 38.6 Å². The number of aryl methyl sites for hydroxylation is 1. The van der Waals surface area contributed by atoms with Gasteiger partial charge in [0.15, 0.2) is 0 Å². The van der Waals surface area contributed by atoms with Crippen molar-refractivity contribution in [3.63, 3.8) is 0 Å². The second-order valence-corrected chi connectivity index (χ2v) is 8.15. The van der Waals surface area contributed by atoms with Gasteiger partial charge in [-0.15, -0.1) is 0 Å². The molecule has 0 spiro atoms. The molecule has 0 saturated carbocycles. The highest BCUT2D eigenvalue weighted by molar-refractivity contribution is 7.89. The maximum atomic E-state index is 14.2. The molecule has 2 heterocycles. The third kappa shape index (κ3) is 4.09. The third-order valence-electron chi connectivity index (χ3n) is 4.35. The SMILES string of the molecule is CCc1ncnc(O[C@@H]2CCN(S(=O)(=O)c3cccc(C(F)(F)F)c3)C2)c1F. The van der Waals surface area contributed by atoms with Crippen LogP contribution in [0.15, 0.2) is 35.5 Å². The van der Waals surface area contributed by atoms with Crippen molar-refractivity contribution < 1.29 is 30.7 Å². The summed E-state index contributed by atoms with van der Waals surface area (Å²) >= 11 is 0. The zero-order chi connectivity index (χ0) is 20.5. The lowest BCUT2D eigenvalue weighted by molar-refractivity contribution is -0.137. The molecule has 0 bridgehead atoms. The lowest BCUT2D eigenvalue weighted by atomic mass is 10.2. The van der Waals surface area contributed by atoms with E-state index in [0.717, 1.165) is 28.8 Å². The van der Waals surface area contributed by atoms with Gasteiger partial charge < -0.3 is 4.74 Å². The van der Waals surface area contributed by atoms with Crippen molar-refractivity contribution in [1.29, 1.82) is 0 Å². The molecular formula is C17H17F4N3O3S. The van der Waals surface area contributed by atoms with Crippen molar-refractivity contribution in [1.82, 2.24) is 14.3 Å². The Bertz CT molecular complexity index is 966. The van der Waals surface area contributed by atoms with Crippen LogP contribution in [-0.2, 0) is 22.6 Å². The number of halogens is 4. The molecule has 1 fully saturated rings. The fourth-order valence-electron chi connectivity index (χ4n) is 2.87. The van der Waals surface area contributed by atoms with E-state index in [0.29, 0.717) is 12.5 Å². The molecular weight excluding hydrogens is 402 g/mol. The third-order valence-corrected chi connectivity index (χ3v) is 6.21. The molecule has 11 heteroatoms. The Morgan fingerprint density at radius 1 is 1.29 bits per heavy atom. The van der Waals surface area contributed by atoms with Crippen molar-refractivity contribution in [2.45, 2.75) is 36.9 Å². The van der Waals surface area contributed by atoms with Crippen LogP contribution in [0.5, 0.6) is 5.88 Å². The number of nitrogens with zero attached hydrogens (tertiary/aromatic N) is 3. The predicted octanol–water partition coefficient (Wildman–Crippen LogP) is 3.04. The van der Waals surface area contributed by atoms with Gasteiger partial charge in [-0.2, -0.15) is 26.9 Å². The van der Waals surface area contributed by atoms with Crippen molar-refractivity contribution in [3.05, 3.63) is 47.7 Å². The van der Waals surface area contributed by atoms with Gasteiger partial charge in [-0.1, -0.05) is 13.0 Å². The minimum absolute atomic E-state index is 0.0383. The summed E-state index contributed by atoms with van der Waals surface area (Å²) in [6.45, 7) is 1.63. The summed E-state index contributed by atoms with van der Waals surface area (Å²) in [5, 5.41) is 0. The lowest BCUT2D eigenvalue weighted by Gasteiger charge is -2.18. The zero-order valence-corrected chi connectivity index (χ0v) is 15.6. The van der Waals surface area contributed by atoms with Gasteiger partial charge in [0, 0.05) is 6.54 Å². The number of ether oxygens (including phenoxy) is 1. The molecule has 1 aromatic carbocycles. The van der Waals surface area contributed by atoms with E-state index in [4.69, 9.17) is 4.74 Å². The van der Waals surface area contributed by atoms with Crippen LogP contribution < -0.4 is 4.74 Å². The summed E-state index contributed by atoms with van der Waals surface area (Å²) in [6.07, 6.45) is -3.57. The minimum Gasteiger partial charge on any atom is -0.471 e. The maximum Gasteiger partial charge on any atom is 0.416 e. The number of benzene rings is 1. The highest BCUT2D eigenvalue weighted by Crippen LogP contribution is 2.32. The first-order chi connectivity index (χ1) is 13.1. The topological polar surface area (TPSA) is 72.4 Å². The highest BCUT2D eigenvalue weighted by atomic mass is 32.2. The van der Waals surface area contributed by atoms with Crippen LogP contribution in [0, 0.1) is 5.82 Å². The molecule has 3 rings (SSSR count). The Labute approximate surface area is 159 Å². The van der Waals surface area contributed by atoms with E-state index in [-0.39, 0.29) is 31.1 Å². The standard InChI is InChI=1S/C17H17F4N3O3S/c1-2-14-15(18)16(23-10-22-14)27-12-6-7-24(9-12)28(25,26)13-5-3-4-11(8-13)17(19,20)21/h3-5,8,10,12H,2,6-7,9H2,1H3/t12-/m1/s1. The zero-order valence-electron chi connectivity index (χ0n) is 14.8. The molecule has 1 aliphatic rings. The first-order valence-electron chi connectivity index (χ1n) is 8.46. The molecule has 0 amide bonds. The van der Waals surface area contributed by atoms with Gasteiger partial charge in [-0.25, -0.2) is 13.4 Å². The molecule has 0 aliphatic carbocycles. The van der Waals surface area contributed by atoms with Gasteiger partial charge in [-0.3, -0.25) is 0 Å². The van der Waals surface area contributed by atoms with Crippen LogP contribution in [-0.4, -0.2) is 41.9 Å². The molecule has 152 valence electrons. The van der Waals surface area contributed by atoms with E-state index in [1.807, 2.05) is 0 Å². The average Bonchev–Trinajstić information content (AvgIpc) is 3.12. The van der Waals surface area contributed by atoms with Crippen molar-refractivity contribution in [3.8, 4) is 5.88 Å². The van der Waals surface area contributed by atoms with Gasteiger partial charge in [-0.05, 0) is 31.0 Å². The molecule has 1 aromatic heterocycles. The van der Waals surface area contributed by atoms with Crippen LogP contribution in [0.3, 0.4) is 0 Å². The van der Waals surface area contributed by atoms with Crippen LogP contribution in [0.1, 0.15) is 24.6 Å². The summed E-state index contributed by atoms with van der Waals surface area (Å²) in [6, 6.07) is 3.55. The number of rotatable bonds is 5. The Balaban J connectivity index is 1.76. The summed E-state index contributed by atoms with van der Waals surface area (Å²) in [5.41, 5.74) is -0.868. The van der Waals surface area contributed by atoms with E-state index in [1.165, 1.54) is 0 Å². The van der Waals surface area contributed by atoms with E-state index >= 15 is 0 Å². The van der Waals surface area contributed by atoms with E-state index in [9.17, 15) is 26.0 Å². The van der Waals surface area contributed by atoms with Crippen molar-refractivity contribution in [2.24, 2.45) is 0 Å². The summed E-state index contributed by atoms with van der Waals surface area (Å²) in [5.74, 6) is -0.973. The lowest BCUT2D eigenvalue weighted by Crippen LogP contribution is -2.31. The average molecular weight is 419 g/mol. The summed E-state index contributed by atoms with van der Waals surface area (Å²) in [4.78, 5) is 7.07. The van der Waals surface area contributed by atoms with E-state index in [1.54, 1.807) is 6.92 Å². The minimum atomic E-state index is -4.65. The predicted molar refractivity (Wildman–Crippen MR) is 90.6 cm³/mol. The Hall–Kier alpha value is -2.27. The van der Waals surface area contributed by atoms with Gasteiger partial charge in [0.25, 0.3) is 5.88 Å². The first-order valence-corrected chi connectivity index (χ1v) is 9.90. The van der Waals surface area contributed by atoms with Crippen LogP contribution >= 0.6 is 0 Å². The summed E-state index contributed by atoms with van der Waals surface area (Å²) in [7, 11) is -4.14. The smallest absolute Gasteiger partial charge is 0.416 e. The van der Waals surface area contributed by atoms with Gasteiger partial charge in [0.1, 0.15) is 12.4 Å². The second-order valence-electron chi connectivity index (χ2n) is 6.21. The second kappa shape index (κ2) is 7.63. The molecule has 6 nitrogen and oxygen atoms in total. The highest BCUT2D eigenvalue weighted by Gasteiger charge is 2.36. The quantitative estimate of drug-likeness (QED) is 0.697.